The predicted molar refractivity (Wildman–Crippen MR) is 135 cm³/mol. The molecule has 2 heterocycles. The van der Waals surface area contributed by atoms with E-state index >= 15 is 0 Å². The van der Waals surface area contributed by atoms with Crippen molar-refractivity contribution in [2.24, 2.45) is 7.05 Å². The fourth-order valence-corrected chi connectivity index (χ4v) is 4.18. The highest BCUT2D eigenvalue weighted by Gasteiger charge is 2.15. The first kappa shape index (κ1) is 23.9. The first-order valence-electron chi connectivity index (χ1n) is 11.5. The Morgan fingerprint density at radius 1 is 1.00 bits per heavy atom. The number of fused-ring (bicyclic) bond motifs is 1. The molecule has 0 atom stereocenters. The van der Waals surface area contributed by atoms with Crippen LogP contribution in [0.1, 0.15) is 32.0 Å². The molecule has 0 aliphatic heterocycles. The molecule has 0 saturated carbocycles. The quantitative estimate of drug-likeness (QED) is 0.315. The van der Waals surface area contributed by atoms with Gasteiger partial charge in [0.05, 0.1) is 11.3 Å². The summed E-state index contributed by atoms with van der Waals surface area (Å²) in [6, 6.07) is 20.7. The molecule has 186 valence electrons. The number of halogens is 2. The number of amides is 1. The zero-order chi connectivity index (χ0) is 26.1. The van der Waals surface area contributed by atoms with Crippen LogP contribution >= 0.6 is 0 Å². The molecule has 5 aromatic rings. The summed E-state index contributed by atoms with van der Waals surface area (Å²) in [5.41, 5.74) is 6.01. The molecule has 0 spiro atoms. The summed E-state index contributed by atoms with van der Waals surface area (Å²) < 4.78 is 27.3. The largest absolute Gasteiger partial charge is 0.379 e. The number of benzene rings is 3. The van der Waals surface area contributed by atoms with Gasteiger partial charge in [-0.15, -0.1) is 0 Å². The summed E-state index contributed by atoms with van der Waals surface area (Å²) in [4.78, 5) is 30.5. The second-order valence-electron chi connectivity index (χ2n) is 8.73. The van der Waals surface area contributed by atoms with Crippen LogP contribution in [0.2, 0.25) is 0 Å². The standard InChI is InChI=1S/C28H22F2N4O3/c1-16-11-19(7-9-22(16)29)24-13-21-12-20(8-10-23(21)32-24)26-14-25(33-34(26)2)27(35)31-15-17-3-5-18(6-4-17)28(36)37-30/h3-14,32H,15H2,1-2H3,(H,31,35). The molecular formula is C28H22F2N4O3. The summed E-state index contributed by atoms with van der Waals surface area (Å²) in [6.07, 6.45) is 0. The van der Waals surface area contributed by atoms with Gasteiger partial charge in [0.1, 0.15) is 5.82 Å². The predicted octanol–water partition coefficient (Wildman–Crippen LogP) is 5.65. The number of aromatic amines is 1. The summed E-state index contributed by atoms with van der Waals surface area (Å²) in [5.74, 6) is -1.67. The molecule has 2 aromatic heterocycles. The van der Waals surface area contributed by atoms with E-state index in [1.54, 1.807) is 49.0 Å². The van der Waals surface area contributed by atoms with Crippen molar-refractivity contribution in [2.45, 2.75) is 13.5 Å². The number of nitrogens with zero attached hydrogens (tertiary/aromatic N) is 2. The van der Waals surface area contributed by atoms with Crippen molar-refractivity contribution in [1.82, 2.24) is 20.1 Å². The van der Waals surface area contributed by atoms with Crippen LogP contribution < -0.4 is 5.32 Å². The maximum absolute atomic E-state index is 13.7. The molecule has 0 unspecified atom stereocenters. The molecule has 0 fully saturated rings. The second-order valence-corrected chi connectivity index (χ2v) is 8.73. The van der Waals surface area contributed by atoms with E-state index in [1.165, 1.54) is 18.2 Å². The molecule has 5 rings (SSSR count). The van der Waals surface area contributed by atoms with E-state index < -0.39 is 5.97 Å². The molecule has 37 heavy (non-hydrogen) atoms. The third kappa shape index (κ3) is 4.84. The smallest absolute Gasteiger partial charge is 0.355 e. The van der Waals surface area contributed by atoms with Crippen molar-refractivity contribution in [2.75, 3.05) is 0 Å². The molecule has 7 nitrogen and oxygen atoms in total. The summed E-state index contributed by atoms with van der Waals surface area (Å²) in [6.45, 7) is 1.94. The minimum atomic E-state index is -1.07. The van der Waals surface area contributed by atoms with Crippen molar-refractivity contribution in [3.63, 3.8) is 0 Å². The van der Waals surface area contributed by atoms with Gasteiger partial charge < -0.3 is 10.3 Å². The van der Waals surface area contributed by atoms with Gasteiger partial charge in [-0.3, -0.25) is 9.48 Å². The van der Waals surface area contributed by atoms with Crippen molar-refractivity contribution in [3.05, 3.63) is 101 Å². The van der Waals surface area contributed by atoms with Gasteiger partial charge in [-0.1, -0.05) is 18.2 Å². The van der Waals surface area contributed by atoms with E-state index in [0.29, 0.717) is 5.56 Å². The number of carbonyl (C=O) groups excluding carboxylic acids is 2. The molecule has 1 amide bonds. The monoisotopic (exact) mass is 500 g/mol. The third-order valence-electron chi connectivity index (χ3n) is 6.21. The first-order chi connectivity index (χ1) is 17.8. The minimum absolute atomic E-state index is 0.0752. The van der Waals surface area contributed by atoms with E-state index in [4.69, 9.17) is 0 Å². The lowest BCUT2D eigenvalue weighted by molar-refractivity contribution is -0.0788. The third-order valence-corrected chi connectivity index (χ3v) is 6.21. The lowest BCUT2D eigenvalue weighted by Gasteiger charge is -2.04. The highest BCUT2D eigenvalue weighted by atomic mass is 19.3. The summed E-state index contributed by atoms with van der Waals surface area (Å²) in [5, 5.41) is 8.12. The summed E-state index contributed by atoms with van der Waals surface area (Å²) in [7, 11) is 1.77. The normalized spacial score (nSPS) is 11.0. The van der Waals surface area contributed by atoms with Crippen molar-refractivity contribution < 1.29 is 23.4 Å². The molecular weight excluding hydrogens is 478 g/mol. The Hall–Kier alpha value is -4.79. The average Bonchev–Trinajstić information content (AvgIpc) is 3.51. The van der Waals surface area contributed by atoms with Gasteiger partial charge in [0.2, 0.25) is 0 Å². The Kier molecular flexibility index (Phi) is 6.27. The van der Waals surface area contributed by atoms with Gasteiger partial charge in [0.15, 0.2) is 5.69 Å². The Bertz CT molecular complexity index is 1640. The molecule has 0 bridgehead atoms. The Morgan fingerprint density at radius 3 is 2.49 bits per heavy atom. The fraction of sp³-hybridized carbons (Fsp3) is 0.107. The number of nitrogens with one attached hydrogen (secondary N) is 2. The van der Waals surface area contributed by atoms with Crippen LogP contribution in [0.15, 0.2) is 72.8 Å². The number of H-pyrrole nitrogens is 1. The number of hydrogen-bond donors (Lipinski definition) is 2. The van der Waals surface area contributed by atoms with Crippen LogP contribution in [0, 0.1) is 12.7 Å². The number of rotatable bonds is 6. The van der Waals surface area contributed by atoms with Crippen molar-refractivity contribution in [1.29, 1.82) is 0 Å². The maximum Gasteiger partial charge on any atom is 0.379 e. The molecule has 0 aliphatic rings. The van der Waals surface area contributed by atoms with E-state index in [0.717, 1.165) is 39.0 Å². The number of carbonyl (C=O) groups is 2. The van der Waals surface area contributed by atoms with Crippen molar-refractivity contribution >= 4 is 22.8 Å². The van der Waals surface area contributed by atoms with Gasteiger partial charge in [0, 0.05) is 40.3 Å². The van der Waals surface area contributed by atoms with Gasteiger partial charge >= 0.3 is 5.97 Å². The number of hydrogen-bond acceptors (Lipinski definition) is 4. The van der Waals surface area contributed by atoms with Crippen LogP contribution in [0.25, 0.3) is 33.4 Å². The second kappa shape index (κ2) is 9.69. The van der Waals surface area contributed by atoms with Gasteiger partial charge in [-0.05, 0) is 78.2 Å². The highest BCUT2D eigenvalue weighted by molar-refractivity contribution is 5.94. The average molecular weight is 501 g/mol. The molecule has 9 heteroatoms. The lowest BCUT2D eigenvalue weighted by atomic mass is 10.1. The topological polar surface area (TPSA) is 89.0 Å². The summed E-state index contributed by atoms with van der Waals surface area (Å²) >= 11 is 0. The van der Waals surface area contributed by atoms with Crippen LogP contribution in [0.4, 0.5) is 8.92 Å². The van der Waals surface area contributed by atoms with Gasteiger partial charge in [0.25, 0.3) is 5.91 Å². The molecule has 0 saturated heterocycles. The van der Waals surface area contributed by atoms with Crippen LogP contribution in [-0.4, -0.2) is 26.6 Å². The Labute approximate surface area is 210 Å². The van der Waals surface area contributed by atoms with Gasteiger partial charge in [-0.25, -0.2) is 14.1 Å². The van der Waals surface area contributed by atoms with E-state index in [2.05, 4.69) is 20.3 Å². The number of aromatic nitrogens is 3. The van der Waals surface area contributed by atoms with Crippen LogP contribution in [0.3, 0.4) is 0 Å². The maximum atomic E-state index is 13.7. The zero-order valence-electron chi connectivity index (χ0n) is 20.0. The van der Waals surface area contributed by atoms with Crippen molar-refractivity contribution in [3.8, 4) is 22.5 Å². The van der Waals surface area contributed by atoms with Crippen LogP contribution in [0.5, 0.6) is 0 Å². The van der Waals surface area contributed by atoms with Crippen LogP contribution in [-0.2, 0) is 18.5 Å². The Balaban J connectivity index is 1.33. The fourth-order valence-electron chi connectivity index (χ4n) is 4.18. The van der Waals surface area contributed by atoms with E-state index in [9.17, 15) is 18.5 Å². The molecule has 0 radical (unpaired) electrons. The first-order valence-corrected chi connectivity index (χ1v) is 11.5. The van der Waals surface area contributed by atoms with Gasteiger partial charge in [-0.2, -0.15) is 5.10 Å². The highest BCUT2D eigenvalue weighted by Crippen LogP contribution is 2.29. The molecule has 0 aliphatic carbocycles. The van der Waals surface area contributed by atoms with E-state index in [1.807, 2.05) is 24.3 Å². The lowest BCUT2D eigenvalue weighted by Crippen LogP contribution is -2.23. The number of aryl methyl sites for hydroxylation is 2. The Morgan fingerprint density at radius 2 is 1.76 bits per heavy atom. The molecule has 3 aromatic carbocycles. The van der Waals surface area contributed by atoms with E-state index in [-0.39, 0.29) is 29.5 Å². The molecule has 2 N–H and O–H groups in total. The SMILES string of the molecule is Cc1cc(-c2cc3cc(-c4cc(C(=O)NCc5ccc(C(=O)OF)cc5)nn4C)ccc3[nH]2)ccc1F. The zero-order valence-corrected chi connectivity index (χ0v) is 20.0. The minimum Gasteiger partial charge on any atom is -0.355 e.